The van der Waals surface area contributed by atoms with E-state index >= 15 is 0 Å². The van der Waals surface area contributed by atoms with Crippen LogP contribution in [0.25, 0.3) is 0 Å². The van der Waals surface area contributed by atoms with E-state index in [2.05, 4.69) is 24.5 Å². The van der Waals surface area contributed by atoms with Gasteiger partial charge in [-0.15, -0.1) is 0 Å². The second-order valence-corrected chi connectivity index (χ2v) is 8.41. The van der Waals surface area contributed by atoms with E-state index in [1.165, 1.54) is 44.9 Å². The second-order valence-electron chi connectivity index (χ2n) is 8.41. The molecule has 0 aliphatic carbocycles. The molecule has 0 aliphatic heterocycles. The Morgan fingerprint density at radius 2 is 1.39 bits per heavy atom. The molecule has 0 rings (SSSR count). The van der Waals surface area contributed by atoms with Crippen molar-refractivity contribution in [2.24, 2.45) is 5.73 Å². The highest BCUT2D eigenvalue weighted by atomic mass is 16.5. The number of nitrogens with two attached hydrogens (primary N) is 1. The molecule has 1 amide bonds. The molecule has 0 saturated heterocycles. The van der Waals surface area contributed by atoms with Gasteiger partial charge in [-0.1, -0.05) is 84.5 Å². The second kappa shape index (κ2) is 21.4. The highest BCUT2D eigenvalue weighted by molar-refractivity contribution is 5.84. The van der Waals surface area contributed by atoms with Gasteiger partial charge in [-0.2, -0.15) is 0 Å². The molecule has 182 valence electrons. The minimum absolute atomic E-state index is 0.0876. The van der Waals surface area contributed by atoms with Crippen LogP contribution in [-0.4, -0.2) is 37.0 Å². The van der Waals surface area contributed by atoms with E-state index in [0.717, 1.165) is 38.5 Å². The summed E-state index contributed by atoms with van der Waals surface area (Å²) < 4.78 is 5.39. The summed E-state index contributed by atoms with van der Waals surface area (Å²) in [5.41, 5.74) is 5.29. The van der Waals surface area contributed by atoms with Gasteiger partial charge in [0.1, 0.15) is 6.04 Å². The molecule has 0 bridgehead atoms. The molecule has 0 aliphatic rings. The first-order valence-electron chi connectivity index (χ1n) is 12.5. The van der Waals surface area contributed by atoms with Gasteiger partial charge in [-0.05, 0) is 25.7 Å². The normalized spacial score (nSPS) is 11.7. The van der Waals surface area contributed by atoms with Crippen molar-refractivity contribution in [2.75, 3.05) is 13.2 Å². The van der Waals surface area contributed by atoms with Gasteiger partial charge >= 0.3 is 5.97 Å². The number of amides is 1. The number of carbonyl (C=O) groups excluding carboxylic acids is 2. The number of guanidine groups is 1. The summed E-state index contributed by atoms with van der Waals surface area (Å²) in [5, 5.41) is 12.8. The van der Waals surface area contributed by atoms with Crippen molar-refractivity contribution in [2.45, 2.75) is 123 Å². The van der Waals surface area contributed by atoms with Gasteiger partial charge in [0.15, 0.2) is 5.96 Å². The average Bonchev–Trinajstić information content (AvgIpc) is 2.74. The fourth-order valence-corrected chi connectivity index (χ4v) is 3.44. The number of unbranched alkanes of at least 4 members (excludes halogenated alkanes) is 11. The van der Waals surface area contributed by atoms with E-state index in [9.17, 15) is 9.59 Å². The van der Waals surface area contributed by atoms with Gasteiger partial charge in [0.05, 0.1) is 6.61 Å². The van der Waals surface area contributed by atoms with Crippen LogP contribution in [0.3, 0.4) is 0 Å². The van der Waals surface area contributed by atoms with E-state index in [-0.39, 0.29) is 17.8 Å². The topological polar surface area (TPSA) is 117 Å². The molecule has 0 spiro atoms. The predicted octanol–water partition coefficient (Wildman–Crippen LogP) is 4.78. The van der Waals surface area contributed by atoms with Crippen molar-refractivity contribution in [3.05, 3.63) is 0 Å². The van der Waals surface area contributed by atoms with Crippen LogP contribution < -0.4 is 16.4 Å². The van der Waals surface area contributed by atoms with Gasteiger partial charge in [0.25, 0.3) is 0 Å². The number of rotatable bonds is 21. The summed E-state index contributed by atoms with van der Waals surface area (Å²) in [6.07, 6.45) is 16.5. The largest absolute Gasteiger partial charge is 0.464 e. The molecule has 0 aromatic rings. The smallest absolute Gasteiger partial charge is 0.328 e. The molecule has 0 fully saturated rings. The van der Waals surface area contributed by atoms with Gasteiger partial charge in [-0.3, -0.25) is 10.2 Å². The van der Waals surface area contributed by atoms with E-state index in [1.54, 1.807) is 0 Å². The Kier molecular flexibility index (Phi) is 20.2. The molecule has 0 heterocycles. The standard InChI is InChI=1S/C24H48N4O3/c1-3-5-7-9-10-11-12-13-14-18-22(29)28-21(17-16-19-27-24(25)26)23(30)31-20-15-8-6-4-2/h21H,3-20H2,1-2H3,(H,28,29)(H4,25,26,27). The van der Waals surface area contributed by atoms with Crippen LogP contribution in [0.1, 0.15) is 117 Å². The third kappa shape index (κ3) is 19.9. The Morgan fingerprint density at radius 3 is 1.97 bits per heavy atom. The van der Waals surface area contributed by atoms with Gasteiger partial charge in [0.2, 0.25) is 5.91 Å². The molecule has 1 atom stereocenters. The van der Waals surface area contributed by atoms with Crippen molar-refractivity contribution < 1.29 is 14.3 Å². The molecular weight excluding hydrogens is 392 g/mol. The first kappa shape index (κ1) is 29.2. The third-order valence-electron chi connectivity index (χ3n) is 5.35. The maximum Gasteiger partial charge on any atom is 0.328 e. The van der Waals surface area contributed by atoms with Gasteiger partial charge in [0, 0.05) is 13.0 Å². The number of nitrogens with one attached hydrogen (secondary N) is 3. The zero-order valence-electron chi connectivity index (χ0n) is 20.1. The van der Waals surface area contributed by atoms with Crippen LogP contribution in [0.5, 0.6) is 0 Å². The summed E-state index contributed by atoms with van der Waals surface area (Å²) in [7, 11) is 0. The molecule has 0 aromatic carbocycles. The Hall–Kier alpha value is -1.79. The van der Waals surface area contributed by atoms with Crippen LogP contribution in [0.4, 0.5) is 0 Å². The Bertz CT molecular complexity index is 472. The van der Waals surface area contributed by atoms with E-state index < -0.39 is 6.04 Å². The summed E-state index contributed by atoms with van der Waals surface area (Å²) in [6.45, 7) is 5.26. The van der Waals surface area contributed by atoms with Crippen molar-refractivity contribution in [1.82, 2.24) is 10.6 Å². The van der Waals surface area contributed by atoms with Crippen molar-refractivity contribution >= 4 is 17.8 Å². The molecule has 1 unspecified atom stereocenters. The maximum absolute atomic E-state index is 12.4. The highest BCUT2D eigenvalue weighted by Gasteiger charge is 2.21. The fraction of sp³-hybridized carbons (Fsp3) is 0.875. The minimum Gasteiger partial charge on any atom is -0.464 e. The first-order valence-corrected chi connectivity index (χ1v) is 12.5. The fourth-order valence-electron chi connectivity index (χ4n) is 3.44. The first-order chi connectivity index (χ1) is 15.0. The maximum atomic E-state index is 12.4. The lowest BCUT2D eigenvalue weighted by atomic mass is 10.1. The quantitative estimate of drug-likeness (QED) is 0.0887. The molecule has 0 radical (unpaired) electrons. The Labute approximate surface area is 190 Å². The third-order valence-corrected chi connectivity index (χ3v) is 5.35. The highest BCUT2D eigenvalue weighted by Crippen LogP contribution is 2.11. The van der Waals surface area contributed by atoms with Crippen molar-refractivity contribution in [3.8, 4) is 0 Å². The molecule has 0 saturated carbocycles. The van der Waals surface area contributed by atoms with Crippen LogP contribution in [-0.2, 0) is 14.3 Å². The number of hydrogen-bond donors (Lipinski definition) is 4. The predicted molar refractivity (Wildman–Crippen MR) is 128 cm³/mol. The molecule has 7 nitrogen and oxygen atoms in total. The Morgan fingerprint density at radius 1 is 0.839 bits per heavy atom. The lowest BCUT2D eigenvalue weighted by Crippen LogP contribution is -2.42. The minimum atomic E-state index is -0.633. The van der Waals surface area contributed by atoms with Crippen molar-refractivity contribution in [3.63, 3.8) is 0 Å². The molecule has 7 heteroatoms. The van der Waals surface area contributed by atoms with Gasteiger partial charge in [-0.25, -0.2) is 4.79 Å². The number of ether oxygens (including phenoxy) is 1. The molecular formula is C24H48N4O3. The lowest BCUT2D eigenvalue weighted by Gasteiger charge is -2.18. The van der Waals surface area contributed by atoms with Gasteiger partial charge < -0.3 is 21.1 Å². The summed E-state index contributed by atoms with van der Waals surface area (Å²) in [6, 6.07) is -0.633. The molecule has 0 aromatic heterocycles. The summed E-state index contributed by atoms with van der Waals surface area (Å²) in [4.78, 5) is 24.8. The zero-order chi connectivity index (χ0) is 23.2. The number of hydrogen-bond acceptors (Lipinski definition) is 4. The SMILES string of the molecule is CCCCCCCCCCCC(=O)NC(CCCNC(=N)N)C(=O)OCCCCCC. The zero-order valence-corrected chi connectivity index (χ0v) is 20.1. The molecule has 31 heavy (non-hydrogen) atoms. The van der Waals surface area contributed by atoms with Crippen LogP contribution in [0.2, 0.25) is 0 Å². The number of carbonyl (C=O) groups is 2. The Balaban J connectivity index is 4.16. The monoisotopic (exact) mass is 440 g/mol. The van der Waals surface area contributed by atoms with E-state index in [1.807, 2.05) is 0 Å². The lowest BCUT2D eigenvalue weighted by molar-refractivity contribution is -0.148. The number of esters is 1. The van der Waals surface area contributed by atoms with Crippen molar-refractivity contribution in [1.29, 1.82) is 5.41 Å². The summed E-state index contributed by atoms with van der Waals surface area (Å²) in [5.74, 6) is -0.542. The average molecular weight is 441 g/mol. The van der Waals surface area contributed by atoms with E-state index in [0.29, 0.717) is 32.4 Å². The van der Waals surface area contributed by atoms with Crippen LogP contribution in [0.15, 0.2) is 0 Å². The summed E-state index contributed by atoms with van der Waals surface area (Å²) >= 11 is 0. The molecule has 5 N–H and O–H groups in total. The van der Waals surface area contributed by atoms with Crippen LogP contribution in [0, 0.1) is 5.41 Å². The van der Waals surface area contributed by atoms with Crippen LogP contribution >= 0.6 is 0 Å². The van der Waals surface area contributed by atoms with E-state index in [4.69, 9.17) is 15.9 Å².